The van der Waals surface area contributed by atoms with Gasteiger partial charge in [-0.2, -0.15) is 0 Å². The summed E-state index contributed by atoms with van der Waals surface area (Å²) >= 11 is -0.106. The standard InChI is InChI=1S/C23H38O6P2.2ClH.Pd/c1-16-12-20(5)27-17(2,24-16)13-21(6,26-16)30(20)10-9-11-31-22(7)14-18(3)25-19(4,29-22)15-23(31,8)28-18;;;/h9-15H2,1-8H3;2*1H;/q;;;+2. The Morgan fingerprint density at radius 1 is 0.529 bits per heavy atom. The van der Waals surface area contributed by atoms with E-state index in [1.165, 1.54) is 18.7 Å². The molecular weight excluding hydrogens is 612 g/mol. The van der Waals surface area contributed by atoms with Crippen molar-refractivity contribution in [1.82, 2.24) is 0 Å². The second kappa shape index (κ2) is 8.19. The van der Waals surface area contributed by atoms with Crippen LogP contribution >= 0.6 is 34.9 Å². The maximum atomic E-state index is 6.63. The summed E-state index contributed by atoms with van der Waals surface area (Å²) in [6.07, 6.45) is 6.96. The van der Waals surface area contributed by atoms with Crippen LogP contribution in [0.3, 0.4) is 0 Å². The molecule has 6 nitrogen and oxygen atoms in total. The predicted molar refractivity (Wildman–Crippen MR) is 135 cm³/mol. The molecule has 8 rings (SSSR count). The van der Waals surface area contributed by atoms with Gasteiger partial charge >= 0.3 is 35.0 Å². The fraction of sp³-hybridized carbons (Fsp3) is 1.00. The normalized spacial score (nSPS) is 61.0. The van der Waals surface area contributed by atoms with Crippen LogP contribution in [0.2, 0.25) is 0 Å². The number of ether oxygens (including phenoxy) is 6. The topological polar surface area (TPSA) is 55.4 Å². The summed E-state index contributed by atoms with van der Waals surface area (Å²) < 4.78 is 39.0. The Hall–Kier alpha value is 1.86. The summed E-state index contributed by atoms with van der Waals surface area (Å²) in [7, 11) is 7.82. The fourth-order valence-electron chi connectivity index (χ4n) is 9.08. The molecule has 200 valence electrons. The van der Waals surface area contributed by atoms with Gasteiger partial charge in [-0.05, 0) is 27.7 Å². The molecule has 8 atom stereocenters. The van der Waals surface area contributed by atoms with Crippen LogP contribution in [0.25, 0.3) is 0 Å². The van der Waals surface area contributed by atoms with Crippen molar-refractivity contribution in [2.75, 3.05) is 12.3 Å². The SMILES string of the molecule is CC12CC3(C)OC(C)(CC(C)(O1)[PH+]3CCC[PH+]1C3(C)CC4(C)OC(C)(CC1(C)O4)O3)O2.[Cl][Pd][Cl]. The summed E-state index contributed by atoms with van der Waals surface area (Å²) in [5.41, 5.74) is 0. The van der Waals surface area contributed by atoms with E-state index in [-0.39, 0.29) is 37.3 Å². The monoisotopic (exact) mass is 650 g/mol. The molecule has 8 heterocycles. The van der Waals surface area contributed by atoms with Gasteiger partial charge in [0.05, 0.1) is 53.9 Å². The van der Waals surface area contributed by atoms with Gasteiger partial charge in [-0.15, -0.1) is 0 Å². The molecule has 11 heteroatoms. The molecule has 8 aliphatic heterocycles. The molecule has 0 saturated carbocycles. The quantitative estimate of drug-likeness (QED) is 0.251. The third kappa shape index (κ3) is 4.33. The first-order valence-corrected chi connectivity index (χ1v) is 19.6. The van der Waals surface area contributed by atoms with E-state index in [1.807, 2.05) is 0 Å². The summed E-state index contributed by atoms with van der Waals surface area (Å²) in [5.74, 6) is -2.04. The van der Waals surface area contributed by atoms with Crippen molar-refractivity contribution >= 4 is 34.9 Å². The van der Waals surface area contributed by atoms with Crippen LogP contribution < -0.4 is 0 Å². The van der Waals surface area contributed by atoms with Gasteiger partial charge in [0, 0.05) is 34.1 Å². The Bertz CT molecular complexity index is 711. The summed E-state index contributed by atoms with van der Waals surface area (Å²) in [6, 6.07) is 0. The molecular formula is C23H40Cl2O6P2Pd+2. The molecule has 8 unspecified atom stereocenters. The van der Waals surface area contributed by atoms with Crippen molar-refractivity contribution in [3.05, 3.63) is 0 Å². The van der Waals surface area contributed by atoms with Gasteiger partial charge < -0.3 is 28.4 Å². The average Bonchev–Trinajstić information content (AvgIpc) is 2.52. The van der Waals surface area contributed by atoms with Crippen LogP contribution in [0.1, 0.15) is 87.5 Å². The predicted octanol–water partition coefficient (Wildman–Crippen LogP) is 6.65. The van der Waals surface area contributed by atoms with Gasteiger partial charge in [0.15, 0.2) is 44.5 Å². The molecule has 0 N–H and O–H groups in total. The zero-order valence-electron chi connectivity index (χ0n) is 21.5. The third-order valence-electron chi connectivity index (χ3n) is 8.67. The second-order valence-corrected chi connectivity index (χ2v) is 22.1. The molecule has 0 aromatic heterocycles. The Kier molecular flexibility index (Phi) is 6.61. The van der Waals surface area contributed by atoms with Gasteiger partial charge in [-0.1, -0.05) is 0 Å². The van der Waals surface area contributed by atoms with Crippen molar-refractivity contribution < 1.29 is 44.4 Å². The van der Waals surface area contributed by atoms with Crippen molar-refractivity contribution in [2.24, 2.45) is 0 Å². The Labute approximate surface area is 222 Å². The summed E-state index contributed by atoms with van der Waals surface area (Å²) in [6.45, 7) is 17.7. The molecule has 8 bridgehead atoms. The Morgan fingerprint density at radius 3 is 1.00 bits per heavy atom. The number of halogens is 2. The minimum atomic E-state index is -0.906. The van der Waals surface area contributed by atoms with Crippen molar-refractivity contribution in [3.8, 4) is 0 Å². The molecule has 0 spiro atoms. The van der Waals surface area contributed by atoms with E-state index in [0.717, 1.165) is 25.7 Å². The number of hydrogen-bond acceptors (Lipinski definition) is 6. The van der Waals surface area contributed by atoms with Crippen LogP contribution in [0.15, 0.2) is 0 Å². The Morgan fingerprint density at radius 2 is 0.765 bits per heavy atom. The maximum absolute atomic E-state index is 6.63. The number of hydrogen-bond donors (Lipinski definition) is 0. The molecule has 8 fully saturated rings. The van der Waals surface area contributed by atoms with Gasteiger partial charge in [0.25, 0.3) is 0 Å². The first-order valence-electron chi connectivity index (χ1n) is 12.2. The molecule has 8 saturated heterocycles. The zero-order chi connectivity index (χ0) is 25.1. The van der Waals surface area contributed by atoms with E-state index in [9.17, 15) is 0 Å². The van der Waals surface area contributed by atoms with E-state index in [1.54, 1.807) is 0 Å². The van der Waals surface area contributed by atoms with Crippen LogP contribution in [-0.2, 0) is 44.4 Å². The first kappa shape index (κ1) is 27.4. The van der Waals surface area contributed by atoms with Crippen molar-refractivity contribution in [1.29, 1.82) is 0 Å². The van der Waals surface area contributed by atoms with Crippen molar-refractivity contribution in [3.63, 3.8) is 0 Å². The van der Waals surface area contributed by atoms with E-state index in [2.05, 4.69) is 55.4 Å². The second-order valence-electron chi connectivity index (χ2n) is 12.6. The Balaban J connectivity index is 0.000000764. The summed E-state index contributed by atoms with van der Waals surface area (Å²) in [5, 5.41) is -0.410. The van der Waals surface area contributed by atoms with Crippen molar-refractivity contribution in [2.45, 2.75) is 132 Å². The summed E-state index contributed by atoms with van der Waals surface area (Å²) in [4.78, 5) is 0. The van der Waals surface area contributed by atoms with Crippen LogP contribution in [-0.4, -0.2) is 56.8 Å². The van der Waals surface area contributed by atoms with Gasteiger partial charge in [0.2, 0.25) is 0 Å². The third-order valence-corrected chi connectivity index (χ3v) is 16.6. The molecule has 0 amide bonds. The van der Waals surface area contributed by atoms with E-state index in [4.69, 9.17) is 47.5 Å². The van der Waals surface area contributed by atoms with E-state index in [0.29, 0.717) is 0 Å². The molecule has 0 aliphatic carbocycles. The van der Waals surface area contributed by atoms with Crippen LogP contribution in [0, 0.1) is 0 Å². The average molecular weight is 652 g/mol. The molecule has 34 heavy (non-hydrogen) atoms. The van der Waals surface area contributed by atoms with Gasteiger partial charge in [-0.25, -0.2) is 0 Å². The molecule has 0 aromatic carbocycles. The fourth-order valence-corrected chi connectivity index (χ4v) is 18.3. The van der Waals surface area contributed by atoms with Crippen LogP contribution in [0.5, 0.6) is 0 Å². The van der Waals surface area contributed by atoms with Crippen LogP contribution in [0.4, 0.5) is 0 Å². The van der Waals surface area contributed by atoms with E-state index < -0.39 is 39.0 Å². The molecule has 0 radical (unpaired) electrons. The molecule has 0 aromatic rings. The van der Waals surface area contributed by atoms with Gasteiger partial charge in [-0.3, -0.25) is 0 Å². The van der Waals surface area contributed by atoms with E-state index >= 15 is 0 Å². The van der Waals surface area contributed by atoms with Gasteiger partial charge in [0.1, 0.15) is 0 Å². The zero-order valence-corrected chi connectivity index (χ0v) is 26.5. The minimum absolute atomic E-state index is 0.102. The molecule has 8 aliphatic rings. The first-order chi connectivity index (χ1) is 15.5. The number of rotatable bonds is 4.